The summed E-state index contributed by atoms with van der Waals surface area (Å²) >= 11 is 0. The van der Waals surface area contributed by atoms with Gasteiger partial charge in [0.25, 0.3) is 0 Å². The van der Waals surface area contributed by atoms with E-state index in [0.717, 1.165) is 19.6 Å². The standard InChI is InChI=1S/C24H33NO/c1-17(2)19-9-11-23-21(15-19)22-16-20(18(3)4)10-12-24(22)25(23)13-7-6-8-14-26-5/h9-12,15-18H,6-8,13-14H2,1-5H3. The summed E-state index contributed by atoms with van der Waals surface area (Å²) in [5.41, 5.74) is 5.59. The van der Waals surface area contributed by atoms with Crippen molar-refractivity contribution in [2.24, 2.45) is 0 Å². The Morgan fingerprint density at radius 1 is 0.769 bits per heavy atom. The number of methoxy groups -OCH3 is 1. The van der Waals surface area contributed by atoms with Gasteiger partial charge in [0.1, 0.15) is 0 Å². The molecule has 0 saturated heterocycles. The van der Waals surface area contributed by atoms with Crippen molar-refractivity contribution in [2.75, 3.05) is 13.7 Å². The SMILES string of the molecule is COCCCCCn1c2ccc(C(C)C)cc2c2cc(C(C)C)ccc21. The number of ether oxygens (including phenoxy) is 1. The van der Waals surface area contributed by atoms with Crippen LogP contribution in [0.5, 0.6) is 0 Å². The van der Waals surface area contributed by atoms with E-state index in [1.807, 2.05) is 0 Å². The third-order valence-electron chi connectivity index (χ3n) is 5.48. The first-order chi connectivity index (χ1) is 12.5. The number of nitrogens with zero attached hydrogens (tertiary/aromatic N) is 1. The van der Waals surface area contributed by atoms with Gasteiger partial charge in [-0.1, -0.05) is 39.8 Å². The highest BCUT2D eigenvalue weighted by Gasteiger charge is 2.13. The lowest BCUT2D eigenvalue weighted by atomic mass is 9.98. The van der Waals surface area contributed by atoms with E-state index >= 15 is 0 Å². The summed E-state index contributed by atoms with van der Waals surface area (Å²) in [6.07, 6.45) is 3.55. The van der Waals surface area contributed by atoms with Gasteiger partial charge < -0.3 is 9.30 Å². The molecule has 2 aromatic carbocycles. The summed E-state index contributed by atoms with van der Waals surface area (Å²) in [6.45, 7) is 11.0. The molecular formula is C24H33NO. The lowest BCUT2D eigenvalue weighted by molar-refractivity contribution is 0.192. The van der Waals surface area contributed by atoms with Crippen LogP contribution in [0.1, 0.15) is 69.9 Å². The largest absolute Gasteiger partial charge is 0.385 e. The first-order valence-electron chi connectivity index (χ1n) is 10.1. The molecule has 1 heterocycles. The van der Waals surface area contributed by atoms with Gasteiger partial charge in [0.2, 0.25) is 0 Å². The Morgan fingerprint density at radius 2 is 1.31 bits per heavy atom. The maximum atomic E-state index is 5.18. The van der Waals surface area contributed by atoms with Gasteiger partial charge in [-0.3, -0.25) is 0 Å². The molecule has 3 rings (SSSR count). The van der Waals surface area contributed by atoms with E-state index in [2.05, 4.69) is 68.7 Å². The normalized spacial score (nSPS) is 12.1. The third kappa shape index (κ3) is 3.81. The first-order valence-corrected chi connectivity index (χ1v) is 10.1. The average Bonchev–Trinajstić information content (AvgIpc) is 2.94. The number of rotatable bonds is 8. The van der Waals surface area contributed by atoms with Crippen molar-refractivity contribution in [3.05, 3.63) is 47.5 Å². The molecule has 140 valence electrons. The minimum absolute atomic E-state index is 0.556. The minimum Gasteiger partial charge on any atom is -0.385 e. The molecule has 1 aromatic heterocycles. The summed E-state index contributed by atoms with van der Waals surface area (Å²) < 4.78 is 7.70. The molecule has 0 amide bonds. The fourth-order valence-electron chi connectivity index (χ4n) is 3.79. The molecule has 0 aliphatic rings. The van der Waals surface area contributed by atoms with E-state index in [-0.39, 0.29) is 0 Å². The molecule has 0 aliphatic carbocycles. The smallest absolute Gasteiger partial charge is 0.0491 e. The van der Waals surface area contributed by atoms with E-state index < -0.39 is 0 Å². The lowest BCUT2D eigenvalue weighted by Crippen LogP contribution is -1.99. The molecule has 2 nitrogen and oxygen atoms in total. The molecule has 0 fully saturated rings. The number of aromatic nitrogens is 1. The van der Waals surface area contributed by atoms with Crippen LogP contribution in [-0.4, -0.2) is 18.3 Å². The van der Waals surface area contributed by atoms with Crippen LogP contribution >= 0.6 is 0 Å². The maximum absolute atomic E-state index is 5.18. The van der Waals surface area contributed by atoms with Gasteiger partial charge in [0, 0.05) is 42.1 Å². The number of hydrogen-bond acceptors (Lipinski definition) is 1. The monoisotopic (exact) mass is 351 g/mol. The van der Waals surface area contributed by atoms with Crippen LogP contribution in [-0.2, 0) is 11.3 Å². The Balaban J connectivity index is 2.06. The van der Waals surface area contributed by atoms with Gasteiger partial charge in [-0.15, -0.1) is 0 Å². The van der Waals surface area contributed by atoms with Crippen LogP contribution in [0.3, 0.4) is 0 Å². The molecule has 0 bridgehead atoms. The number of aryl methyl sites for hydroxylation is 1. The van der Waals surface area contributed by atoms with Crippen molar-refractivity contribution in [3.8, 4) is 0 Å². The molecule has 0 saturated carbocycles. The zero-order valence-electron chi connectivity index (χ0n) is 17.0. The van der Waals surface area contributed by atoms with Crippen LogP contribution < -0.4 is 0 Å². The van der Waals surface area contributed by atoms with Crippen molar-refractivity contribution in [1.82, 2.24) is 4.57 Å². The highest BCUT2D eigenvalue weighted by molar-refractivity contribution is 6.08. The maximum Gasteiger partial charge on any atom is 0.0491 e. The number of unbranched alkanes of at least 4 members (excludes halogenated alkanes) is 2. The van der Waals surface area contributed by atoms with Crippen molar-refractivity contribution in [1.29, 1.82) is 0 Å². The molecule has 0 atom stereocenters. The molecule has 0 aliphatic heterocycles. The van der Waals surface area contributed by atoms with Gasteiger partial charge in [-0.2, -0.15) is 0 Å². The first kappa shape index (κ1) is 19.0. The highest BCUT2D eigenvalue weighted by Crippen LogP contribution is 2.33. The van der Waals surface area contributed by atoms with Gasteiger partial charge in [0.15, 0.2) is 0 Å². The Bertz CT molecular complexity index is 807. The van der Waals surface area contributed by atoms with Gasteiger partial charge in [-0.25, -0.2) is 0 Å². The van der Waals surface area contributed by atoms with Crippen LogP contribution in [0.2, 0.25) is 0 Å². The number of fused-ring (bicyclic) bond motifs is 3. The molecule has 26 heavy (non-hydrogen) atoms. The second kappa shape index (κ2) is 8.26. The zero-order chi connectivity index (χ0) is 18.7. The van der Waals surface area contributed by atoms with Crippen molar-refractivity contribution in [2.45, 2.75) is 65.3 Å². The molecule has 0 radical (unpaired) electrons. The lowest BCUT2D eigenvalue weighted by Gasteiger charge is -2.09. The quantitative estimate of drug-likeness (QED) is 0.404. The molecular weight excluding hydrogens is 318 g/mol. The van der Waals surface area contributed by atoms with E-state index in [0.29, 0.717) is 11.8 Å². The summed E-state index contributed by atoms with van der Waals surface area (Å²) in [4.78, 5) is 0. The van der Waals surface area contributed by atoms with Crippen LogP contribution in [0.25, 0.3) is 21.8 Å². The van der Waals surface area contributed by atoms with Crippen LogP contribution in [0, 0.1) is 0 Å². The van der Waals surface area contributed by atoms with Gasteiger partial charge in [0.05, 0.1) is 0 Å². The predicted molar refractivity (Wildman–Crippen MR) is 113 cm³/mol. The zero-order valence-corrected chi connectivity index (χ0v) is 17.0. The van der Waals surface area contributed by atoms with Crippen LogP contribution in [0.15, 0.2) is 36.4 Å². The molecule has 0 unspecified atom stereocenters. The summed E-state index contributed by atoms with van der Waals surface area (Å²) in [5, 5.41) is 2.82. The fourth-order valence-corrected chi connectivity index (χ4v) is 3.79. The minimum atomic E-state index is 0.556. The second-order valence-electron chi connectivity index (χ2n) is 8.07. The number of hydrogen-bond donors (Lipinski definition) is 0. The average molecular weight is 352 g/mol. The fraction of sp³-hybridized carbons (Fsp3) is 0.500. The van der Waals surface area contributed by atoms with Crippen molar-refractivity contribution >= 4 is 21.8 Å². The third-order valence-corrected chi connectivity index (χ3v) is 5.48. The Morgan fingerprint density at radius 3 is 1.77 bits per heavy atom. The van der Waals surface area contributed by atoms with Gasteiger partial charge in [-0.05, 0) is 66.5 Å². The molecule has 0 N–H and O–H groups in total. The van der Waals surface area contributed by atoms with Crippen LogP contribution in [0.4, 0.5) is 0 Å². The highest BCUT2D eigenvalue weighted by atomic mass is 16.5. The topological polar surface area (TPSA) is 14.2 Å². The van der Waals surface area contributed by atoms with E-state index in [1.54, 1.807) is 7.11 Å². The second-order valence-corrected chi connectivity index (χ2v) is 8.07. The Kier molecular flexibility index (Phi) is 6.03. The van der Waals surface area contributed by atoms with Gasteiger partial charge >= 0.3 is 0 Å². The predicted octanol–water partition coefficient (Wildman–Crippen LogP) is 6.86. The summed E-state index contributed by atoms with van der Waals surface area (Å²) in [5.74, 6) is 1.11. The Hall–Kier alpha value is -1.80. The van der Waals surface area contributed by atoms with E-state index in [9.17, 15) is 0 Å². The summed E-state index contributed by atoms with van der Waals surface area (Å²) in [7, 11) is 1.78. The van der Waals surface area contributed by atoms with Crippen molar-refractivity contribution in [3.63, 3.8) is 0 Å². The molecule has 0 spiro atoms. The van der Waals surface area contributed by atoms with E-state index in [4.69, 9.17) is 4.74 Å². The molecule has 3 aromatic rings. The summed E-state index contributed by atoms with van der Waals surface area (Å²) in [6, 6.07) is 14.1. The van der Waals surface area contributed by atoms with Crippen molar-refractivity contribution < 1.29 is 4.74 Å². The van der Waals surface area contributed by atoms with E-state index in [1.165, 1.54) is 45.8 Å². The Labute approximate surface area is 158 Å². The number of benzene rings is 2. The molecule has 2 heteroatoms.